The number of ether oxygens (including phenoxy) is 1. The molecule has 1 aromatic heterocycles. The minimum absolute atomic E-state index is 0.0311. The molecule has 0 radical (unpaired) electrons. The molecule has 1 saturated heterocycles. The standard InChI is InChI=1S/C26H29N5O4/c32-24(14-13-23-30-22-6-2-1-5-21(22)25(33)31(23)19-11-12-19)28-17-7-9-18(10-8-17)29-26(34)27-16-20-4-3-15-35-20/h1-2,5-10,19-20H,3-4,11-16H2,(H,28,32)(H2,27,29,34). The largest absolute Gasteiger partial charge is 0.376 e. The van der Waals surface area contributed by atoms with E-state index in [1.54, 1.807) is 34.9 Å². The quantitative estimate of drug-likeness (QED) is 0.461. The normalized spacial score (nSPS) is 17.3. The van der Waals surface area contributed by atoms with Crippen LogP contribution in [0.4, 0.5) is 16.2 Å². The molecule has 35 heavy (non-hydrogen) atoms. The van der Waals surface area contributed by atoms with Gasteiger partial charge in [0.05, 0.1) is 17.0 Å². The SMILES string of the molecule is O=C(CCc1nc2ccccc2c(=O)n1C1CC1)Nc1ccc(NC(=O)NCC2CCCO2)cc1. The third kappa shape index (κ3) is 5.68. The maximum Gasteiger partial charge on any atom is 0.319 e. The number of hydrogen-bond donors (Lipinski definition) is 3. The molecule has 2 fully saturated rings. The molecule has 1 aliphatic heterocycles. The van der Waals surface area contributed by atoms with Crippen molar-refractivity contribution in [2.24, 2.45) is 0 Å². The fourth-order valence-electron chi connectivity index (χ4n) is 4.35. The Kier molecular flexibility index (Phi) is 6.76. The van der Waals surface area contributed by atoms with Crippen molar-refractivity contribution in [3.05, 3.63) is 64.7 Å². The van der Waals surface area contributed by atoms with Crippen LogP contribution in [0.2, 0.25) is 0 Å². The van der Waals surface area contributed by atoms with Gasteiger partial charge in [-0.1, -0.05) is 12.1 Å². The van der Waals surface area contributed by atoms with E-state index in [2.05, 4.69) is 20.9 Å². The summed E-state index contributed by atoms with van der Waals surface area (Å²) in [5, 5.41) is 9.07. The summed E-state index contributed by atoms with van der Waals surface area (Å²) in [7, 11) is 0. The number of aromatic nitrogens is 2. The highest BCUT2D eigenvalue weighted by Crippen LogP contribution is 2.35. The maximum absolute atomic E-state index is 13.0. The van der Waals surface area contributed by atoms with E-state index < -0.39 is 0 Å². The van der Waals surface area contributed by atoms with E-state index in [0.717, 1.165) is 32.3 Å². The van der Waals surface area contributed by atoms with E-state index in [-0.39, 0.29) is 36.1 Å². The number of fused-ring (bicyclic) bond motifs is 1. The summed E-state index contributed by atoms with van der Waals surface area (Å²) >= 11 is 0. The summed E-state index contributed by atoms with van der Waals surface area (Å²) in [5.41, 5.74) is 1.89. The highest BCUT2D eigenvalue weighted by Gasteiger charge is 2.28. The third-order valence-corrected chi connectivity index (χ3v) is 6.31. The molecule has 9 heteroatoms. The fraction of sp³-hybridized carbons (Fsp3) is 0.385. The van der Waals surface area contributed by atoms with Gasteiger partial charge in [0.2, 0.25) is 5.91 Å². The number of benzene rings is 2. The Labute approximate surface area is 202 Å². The van der Waals surface area contributed by atoms with Crippen molar-refractivity contribution in [1.29, 1.82) is 0 Å². The van der Waals surface area contributed by atoms with Gasteiger partial charge >= 0.3 is 6.03 Å². The number of anilines is 2. The van der Waals surface area contributed by atoms with Crippen molar-refractivity contribution in [1.82, 2.24) is 14.9 Å². The first-order valence-electron chi connectivity index (χ1n) is 12.1. The van der Waals surface area contributed by atoms with Crippen LogP contribution in [0.1, 0.15) is 44.0 Å². The van der Waals surface area contributed by atoms with Gasteiger partial charge in [-0.2, -0.15) is 0 Å². The topological polar surface area (TPSA) is 114 Å². The minimum Gasteiger partial charge on any atom is -0.376 e. The average molecular weight is 476 g/mol. The fourth-order valence-corrected chi connectivity index (χ4v) is 4.35. The number of urea groups is 1. The molecule has 1 atom stereocenters. The van der Waals surface area contributed by atoms with Gasteiger partial charge in [0.1, 0.15) is 5.82 Å². The monoisotopic (exact) mass is 475 g/mol. The molecular weight excluding hydrogens is 446 g/mol. The second kappa shape index (κ2) is 10.3. The summed E-state index contributed by atoms with van der Waals surface area (Å²) in [5.74, 6) is 0.490. The first-order chi connectivity index (χ1) is 17.1. The number of nitrogens with one attached hydrogen (secondary N) is 3. The lowest BCUT2D eigenvalue weighted by atomic mass is 10.2. The molecule has 5 rings (SSSR count). The van der Waals surface area contributed by atoms with Gasteiger partial charge in [-0.25, -0.2) is 9.78 Å². The minimum atomic E-state index is -0.290. The van der Waals surface area contributed by atoms with Gasteiger partial charge in [0.15, 0.2) is 0 Å². The Bertz CT molecular complexity index is 1280. The van der Waals surface area contributed by atoms with Gasteiger partial charge in [-0.15, -0.1) is 0 Å². The summed E-state index contributed by atoms with van der Waals surface area (Å²) in [4.78, 5) is 42.3. The van der Waals surface area contributed by atoms with Gasteiger partial charge < -0.3 is 20.7 Å². The Morgan fingerprint density at radius 3 is 2.46 bits per heavy atom. The van der Waals surface area contributed by atoms with E-state index in [9.17, 15) is 14.4 Å². The van der Waals surface area contributed by atoms with E-state index in [4.69, 9.17) is 4.74 Å². The van der Waals surface area contributed by atoms with Gasteiger partial charge in [-0.05, 0) is 62.1 Å². The number of aryl methyl sites for hydroxylation is 1. The zero-order chi connectivity index (χ0) is 24.2. The summed E-state index contributed by atoms with van der Waals surface area (Å²) in [6, 6.07) is 14.2. The first-order valence-corrected chi connectivity index (χ1v) is 12.1. The molecular formula is C26H29N5O4. The summed E-state index contributed by atoms with van der Waals surface area (Å²) in [6.45, 7) is 1.24. The average Bonchev–Trinajstić information content (AvgIpc) is 3.56. The molecule has 3 amide bonds. The molecule has 1 unspecified atom stereocenters. The van der Waals surface area contributed by atoms with E-state index in [1.807, 2.05) is 18.2 Å². The van der Waals surface area contributed by atoms with E-state index in [0.29, 0.717) is 41.1 Å². The predicted molar refractivity (Wildman–Crippen MR) is 134 cm³/mol. The highest BCUT2D eigenvalue weighted by atomic mass is 16.5. The number of carbonyl (C=O) groups is 2. The van der Waals surface area contributed by atoms with E-state index in [1.165, 1.54) is 0 Å². The summed E-state index contributed by atoms with van der Waals surface area (Å²) in [6.07, 6.45) is 4.60. The molecule has 1 aliphatic carbocycles. The second-order valence-electron chi connectivity index (χ2n) is 9.05. The molecule has 2 aliphatic rings. The van der Waals surface area contributed by atoms with Crippen molar-refractivity contribution in [2.75, 3.05) is 23.8 Å². The zero-order valence-electron chi connectivity index (χ0n) is 19.5. The number of carbonyl (C=O) groups excluding carboxylic acids is 2. The van der Waals surface area contributed by atoms with Crippen LogP contribution in [-0.2, 0) is 16.0 Å². The lowest BCUT2D eigenvalue weighted by Crippen LogP contribution is -2.35. The van der Waals surface area contributed by atoms with Gasteiger partial charge in [-0.3, -0.25) is 14.2 Å². The number of amides is 3. The van der Waals surface area contributed by atoms with Crippen molar-refractivity contribution in [3.63, 3.8) is 0 Å². The molecule has 0 bridgehead atoms. The maximum atomic E-state index is 13.0. The lowest BCUT2D eigenvalue weighted by molar-refractivity contribution is -0.116. The van der Waals surface area contributed by atoms with Gasteiger partial charge in [0.25, 0.3) is 5.56 Å². The molecule has 9 nitrogen and oxygen atoms in total. The Morgan fingerprint density at radius 2 is 1.74 bits per heavy atom. The number of nitrogens with zero attached hydrogens (tertiary/aromatic N) is 2. The van der Waals surface area contributed by atoms with Crippen LogP contribution in [0.5, 0.6) is 0 Å². The Hall–Kier alpha value is -3.72. The molecule has 1 saturated carbocycles. The molecule has 3 aromatic rings. The molecule has 182 valence electrons. The number of rotatable bonds is 8. The van der Waals surface area contributed by atoms with Crippen LogP contribution >= 0.6 is 0 Å². The third-order valence-electron chi connectivity index (χ3n) is 6.31. The molecule has 3 N–H and O–H groups in total. The van der Waals surface area contributed by atoms with Crippen LogP contribution in [0.3, 0.4) is 0 Å². The van der Waals surface area contributed by atoms with E-state index >= 15 is 0 Å². The second-order valence-corrected chi connectivity index (χ2v) is 9.05. The van der Waals surface area contributed by atoms with Crippen LogP contribution in [0.15, 0.2) is 53.3 Å². The lowest BCUT2D eigenvalue weighted by Gasteiger charge is -2.13. The molecule has 2 aromatic carbocycles. The summed E-state index contributed by atoms with van der Waals surface area (Å²) < 4.78 is 7.26. The van der Waals surface area contributed by atoms with Crippen LogP contribution in [0, 0.1) is 0 Å². The van der Waals surface area contributed by atoms with Crippen LogP contribution in [0.25, 0.3) is 10.9 Å². The van der Waals surface area contributed by atoms with Crippen molar-refractivity contribution >= 4 is 34.2 Å². The number of hydrogen-bond acceptors (Lipinski definition) is 5. The van der Waals surface area contributed by atoms with Crippen molar-refractivity contribution in [2.45, 2.75) is 50.7 Å². The Morgan fingerprint density at radius 1 is 1.00 bits per heavy atom. The highest BCUT2D eigenvalue weighted by molar-refractivity contribution is 5.92. The van der Waals surface area contributed by atoms with Crippen LogP contribution in [-0.4, -0.2) is 40.7 Å². The van der Waals surface area contributed by atoms with Crippen molar-refractivity contribution < 1.29 is 14.3 Å². The van der Waals surface area contributed by atoms with Gasteiger partial charge in [0, 0.05) is 43.4 Å². The molecule has 2 heterocycles. The van der Waals surface area contributed by atoms with Crippen molar-refractivity contribution in [3.8, 4) is 0 Å². The zero-order valence-corrected chi connectivity index (χ0v) is 19.5. The smallest absolute Gasteiger partial charge is 0.319 e. The molecule has 0 spiro atoms. The number of para-hydroxylation sites is 1. The van der Waals surface area contributed by atoms with Crippen LogP contribution < -0.4 is 21.5 Å². The predicted octanol–water partition coefficient (Wildman–Crippen LogP) is 3.60. The Balaban J connectivity index is 1.15. The first kappa shape index (κ1) is 23.0.